The molecule has 0 aromatic heterocycles. The van der Waals surface area contributed by atoms with Crippen LogP contribution in [0.5, 0.6) is 0 Å². The Balaban J connectivity index is 2.63. The highest BCUT2D eigenvalue weighted by Crippen LogP contribution is 2.19. The number of hydrogen-bond acceptors (Lipinski definition) is 5. The van der Waals surface area contributed by atoms with E-state index in [2.05, 4.69) is 15.4 Å². The lowest BCUT2D eigenvalue weighted by Crippen LogP contribution is -2.18. The summed E-state index contributed by atoms with van der Waals surface area (Å²) >= 11 is 0. The molecule has 0 radical (unpaired) electrons. The predicted molar refractivity (Wildman–Crippen MR) is 69.4 cm³/mol. The van der Waals surface area contributed by atoms with Crippen molar-refractivity contribution in [1.82, 2.24) is 5.32 Å². The van der Waals surface area contributed by atoms with Crippen molar-refractivity contribution >= 4 is 23.3 Å². The number of anilines is 2. The summed E-state index contributed by atoms with van der Waals surface area (Å²) in [6.07, 6.45) is 0.257. The van der Waals surface area contributed by atoms with Crippen LogP contribution in [0.3, 0.4) is 0 Å². The van der Waals surface area contributed by atoms with Gasteiger partial charge in [-0.3, -0.25) is 9.59 Å². The van der Waals surface area contributed by atoms with Crippen molar-refractivity contribution in [2.45, 2.75) is 6.42 Å². The van der Waals surface area contributed by atoms with Crippen molar-refractivity contribution in [2.24, 2.45) is 0 Å². The van der Waals surface area contributed by atoms with Crippen LogP contribution < -0.4 is 16.4 Å². The standard InChI is InChI=1S/C12H17N3O3/c1-14-12(17)8-3-4-10(9(13)7-8)15-6-5-11(16)18-2/h3-4,7,15H,5-6,13H2,1-2H3,(H,14,17). The molecule has 1 amide bonds. The molecule has 0 bridgehead atoms. The van der Waals surface area contributed by atoms with Crippen LogP contribution in [0, 0.1) is 0 Å². The number of rotatable bonds is 5. The second-order valence-corrected chi connectivity index (χ2v) is 3.63. The predicted octanol–water partition coefficient (Wildman–Crippen LogP) is 0.603. The molecule has 98 valence electrons. The summed E-state index contributed by atoms with van der Waals surface area (Å²) in [5.41, 5.74) is 7.44. The monoisotopic (exact) mass is 251 g/mol. The quantitative estimate of drug-likeness (QED) is 0.526. The highest BCUT2D eigenvalue weighted by Gasteiger charge is 2.06. The summed E-state index contributed by atoms with van der Waals surface area (Å²) in [7, 11) is 2.90. The van der Waals surface area contributed by atoms with E-state index in [9.17, 15) is 9.59 Å². The minimum Gasteiger partial charge on any atom is -0.469 e. The van der Waals surface area contributed by atoms with Gasteiger partial charge in [0.05, 0.1) is 24.9 Å². The minimum atomic E-state index is -0.289. The number of esters is 1. The number of hydrogen-bond donors (Lipinski definition) is 3. The normalized spacial score (nSPS) is 9.67. The number of nitrogen functional groups attached to an aromatic ring is 1. The van der Waals surface area contributed by atoms with Gasteiger partial charge in [0.1, 0.15) is 0 Å². The summed E-state index contributed by atoms with van der Waals surface area (Å²) in [4.78, 5) is 22.3. The lowest BCUT2D eigenvalue weighted by Gasteiger charge is -2.10. The number of methoxy groups -OCH3 is 1. The van der Waals surface area contributed by atoms with Crippen LogP contribution in [-0.4, -0.2) is 32.6 Å². The third-order valence-corrected chi connectivity index (χ3v) is 2.41. The van der Waals surface area contributed by atoms with Crippen LogP contribution >= 0.6 is 0 Å². The van der Waals surface area contributed by atoms with Gasteiger partial charge in [-0.2, -0.15) is 0 Å². The zero-order valence-electron chi connectivity index (χ0n) is 10.4. The molecule has 0 aliphatic heterocycles. The number of amides is 1. The molecule has 0 spiro atoms. The summed E-state index contributed by atoms with van der Waals surface area (Å²) < 4.78 is 4.52. The Morgan fingerprint density at radius 3 is 2.67 bits per heavy atom. The summed E-state index contributed by atoms with van der Waals surface area (Å²) in [6.45, 7) is 0.427. The molecule has 0 saturated heterocycles. The molecule has 0 saturated carbocycles. The van der Waals surface area contributed by atoms with Crippen molar-refractivity contribution < 1.29 is 14.3 Å². The molecule has 0 heterocycles. The van der Waals surface area contributed by atoms with Gasteiger partial charge in [-0.15, -0.1) is 0 Å². The van der Waals surface area contributed by atoms with E-state index in [0.717, 1.165) is 0 Å². The molecule has 6 nitrogen and oxygen atoms in total. The van der Waals surface area contributed by atoms with Crippen LogP contribution in [0.2, 0.25) is 0 Å². The first-order chi connectivity index (χ1) is 8.58. The Labute approximate surface area is 105 Å². The van der Waals surface area contributed by atoms with Crippen molar-refractivity contribution in [1.29, 1.82) is 0 Å². The molecule has 0 unspecified atom stereocenters. The van der Waals surface area contributed by atoms with E-state index in [-0.39, 0.29) is 18.3 Å². The van der Waals surface area contributed by atoms with Crippen molar-refractivity contribution in [2.75, 3.05) is 31.8 Å². The van der Waals surface area contributed by atoms with E-state index >= 15 is 0 Å². The maximum absolute atomic E-state index is 11.4. The summed E-state index contributed by atoms with van der Waals surface area (Å²) in [5.74, 6) is -0.481. The molecule has 0 aliphatic carbocycles. The number of ether oxygens (including phenoxy) is 1. The van der Waals surface area contributed by atoms with Crippen LogP contribution in [0.15, 0.2) is 18.2 Å². The molecule has 0 atom stereocenters. The van der Waals surface area contributed by atoms with E-state index in [1.54, 1.807) is 25.2 Å². The second-order valence-electron chi connectivity index (χ2n) is 3.63. The van der Waals surface area contributed by atoms with Gasteiger partial charge in [-0.1, -0.05) is 0 Å². The van der Waals surface area contributed by atoms with Crippen molar-refractivity contribution in [3.8, 4) is 0 Å². The van der Waals surface area contributed by atoms with Crippen molar-refractivity contribution in [3.63, 3.8) is 0 Å². The lowest BCUT2D eigenvalue weighted by atomic mass is 10.1. The topological polar surface area (TPSA) is 93.5 Å². The first-order valence-corrected chi connectivity index (χ1v) is 5.50. The van der Waals surface area contributed by atoms with Crippen LogP contribution in [0.4, 0.5) is 11.4 Å². The largest absolute Gasteiger partial charge is 0.469 e. The fourth-order valence-corrected chi connectivity index (χ4v) is 1.41. The number of benzene rings is 1. The van der Waals surface area contributed by atoms with E-state index in [4.69, 9.17) is 5.73 Å². The molecule has 0 fully saturated rings. The van der Waals surface area contributed by atoms with E-state index < -0.39 is 0 Å². The smallest absolute Gasteiger partial charge is 0.307 e. The number of nitrogens with two attached hydrogens (primary N) is 1. The van der Waals surface area contributed by atoms with Gasteiger partial charge >= 0.3 is 5.97 Å². The highest BCUT2D eigenvalue weighted by molar-refractivity contribution is 5.95. The van der Waals surface area contributed by atoms with Gasteiger partial charge < -0.3 is 21.1 Å². The minimum absolute atomic E-state index is 0.192. The number of nitrogens with one attached hydrogen (secondary N) is 2. The Kier molecular flexibility index (Phi) is 4.98. The number of carbonyl (C=O) groups is 2. The van der Waals surface area contributed by atoms with Gasteiger partial charge in [0.2, 0.25) is 0 Å². The first-order valence-electron chi connectivity index (χ1n) is 5.50. The van der Waals surface area contributed by atoms with Gasteiger partial charge in [0.15, 0.2) is 0 Å². The highest BCUT2D eigenvalue weighted by atomic mass is 16.5. The fraction of sp³-hybridized carbons (Fsp3) is 0.333. The molecule has 1 aromatic rings. The molecular weight excluding hydrogens is 234 g/mol. The third kappa shape index (κ3) is 3.65. The molecule has 4 N–H and O–H groups in total. The average molecular weight is 251 g/mol. The molecule has 1 rings (SSSR count). The van der Waals surface area contributed by atoms with Crippen molar-refractivity contribution in [3.05, 3.63) is 23.8 Å². The van der Waals surface area contributed by atoms with Gasteiger partial charge in [-0.05, 0) is 18.2 Å². The van der Waals surface area contributed by atoms with Crippen LogP contribution in [0.25, 0.3) is 0 Å². The Morgan fingerprint density at radius 2 is 2.11 bits per heavy atom. The summed E-state index contributed by atoms with van der Waals surface area (Å²) in [6, 6.07) is 4.95. The van der Waals surface area contributed by atoms with Crippen LogP contribution in [0.1, 0.15) is 16.8 Å². The van der Waals surface area contributed by atoms with Gasteiger partial charge in [0.25, 0.3) is 5.91 Å². The molecule has 1 aromatic carbocycles. The van der Waals surface area contributed by atoms with Gasteiger partial charge in [-0.25, -0.2) is 0 Å². The molecular formula is C12H17N3O3. The summed E-state index contributed by atoms with van der Waals surface area (Å²) in [5, 5.41) is 5.52. The lowest BCUT2D eigenvalue weighted by molar-refractivity contribution is -0.140. The average Bonchev–Trinajstić information content (AvgIpc) is 2.39. The molecule has 0 aliphatic rings. The van der Waals surface area contributed by atoms with Gasteiger partial charge in [0, 0.05) is 19.2 Å². The Hall–Kier alpha value is -2.24. The Morgan fingerprint density at radius 1 is 1.39 bits per heavy atom. The first kappa shape index (κ1) is 13.8. The van der Waals surface area contributed by atoms with E-state index in [0.29, 0.717) is 23.5 Å². The third-order valence-electron chi connectivity index (χ3n) is 2.41. The maximum Gasteiger partial charge on any atom is 0.307 e. The van der Waals surface area contributed by atoms with E-state index in [1.165, 1.54) is 7.11 Å². The Bertz CT molecular complexity index is 446. The zero-order valence-corrected chi connectivity index (χ0v) is 10.4. The zero-order chi connectivity index (χ0) is 13.5. The van der Waals surface area contributed by atoms with Crippen LogP contribution in [-0.2, 0) is 9.53 Å². The SMILES string of the molecule is CNC(=O)c1ccc(NCCC(=O)OC)c(N)c1. The maximum atomic E-state index is 11.4. The second kappa shape index (κ2) is 6.48. The fourth-order valence-electron chi connectivity index (χ4n) is 1.41. The molecule has 6 heteroatoms. The molecule has 18 heavy (non-hydrogen) atoms. The number of carbonyl (C=O) groups excluding carboxylic acids is 2. The van der Waals surface area contributed by atoms with E-state index in [1.807, 2.05) is 0 Å².